The summed E-state index contributed by atoms with van der Waals surface area (Å²) < 4.78 is 28.6. The number of hydrogen-bond donors (Lipinski definition) is 1. The molecule has 3 rings (SSSR count). The molecule has 1 fully saturated rings. The minimum Gasteiger partial charge on any atom is -0.369 e. The van der Waals surface area contributed by atoms with Crippen LogP contribution in [0.3, 0.4) is 0 Å². The molecule has 4 nitrogen and oxygen atoms in total. The number of aryl methyl sites for hydroxylation is 1. The van der Waals surface area contributed by atoms with Crippen molar-refractivity contribution in [2.45, 2.75) is 25.8 Å². The molecule has 0 saturated carbocycles. The first-order valence-electron chi connectivity index (χ1n) is 6.98. The average Bonchev–Trinajstić information content (AvgIpc) is 3.00. The molecule has 1 saturated heterocycles. The number of halogens is 2. The van der Waals surface area contributed by atoms with Crippen LogP contribution < -0.4 is 5.73 Å². The maximum absolute atomic E-state index is 13.6. The van der Waals surface area contributed by atoms with Crippen LogP contribution in [0.25, 0.3) is 11.0 Å². The summed E-state index contributed by atoms with van der Waals surface area (Å²) >= 11 is 0. The van der Waals surface area contributed by atoms with E-state index in [1.165, 1.54) is 18.9 Å². The molecule has 0 atom stereocenters. The van der Waals surface area contributed by atoms with E-state index >= 15 is 0 Å². The molecule has 108 valence electrons. The molecule has 20 heavy (non-hydrogen) atoms. The molecule has 0 spiro atoms. The number of nitrogens with zero attached hydrogens (tertiary/aromatic N) is 3. The van der Waals surface area contributed by atoms with E-state index in [2.05, 4.69) is 9.88 Å². The molecule has 1 aliphatic rings. The Balaban J connectivity index is 1.78. The maximum atomic E-state index is 13.6. The zero-order valence-electron chi connectivity index (χ0n) is 11.3. The van der Waals surface area contributed by atoms with Gasteiger partial charge in [-0.1, -0.05) is 0 Å². The van der Waals surface area contributed by atoms with Crippen molar-refractivity contribution in [2.24, 2.45) is 0 Å². The molecule has 2 aromatic rings. The Morgan fingerprint density at radius 3 is 2.65 bits per heavy atom. The summed E-state index contributed by atoms with van der Waals surface area (Å²) in [6.07, 6.45) is 3.41. The first kappa shape index (κ1) is 13.3. The predicted molar refractivity (Wildman–Crippen MR) is 74.4 cm³/mol. The number of likely N-dealkylation sites (tertiary alicyclic amines) is 1. The van der Waals surface area contributed by atoms with Crippen LogP contribution in [0.15, 0.2) is 12.1 Å². The minimum absolute atomic E-state index is 0.144. The lowest BCUT2D eigenvalue weighted by molar-refractivity contribution is 0.326. The van der Waals surface area contributed by atoms with Crippen LogP contribution in [0.5, 0.6) is 0 Å². The van der Waals surface area contributed by atoms with Crippen molar-refractivity contribution in [1.82, 2.24) is 14.5 Å². The molecule has 0 unspecified atom stereocenters. The van der Waals surface area contributed by atoms with Crippen molar-refractivity contribution in [2.75, 3.05) is 25.4 Å². The number of aromatic nitrogens is 2. The van der Waals surface area contributed by atoms with Gasteiger partial charge in [0, 0.05) is 18.7 Å². The van der Waals surface area contributed by atoms with Crippen LogP contribution >= 0.6 is 0 Å². The standard InChI is InChI=1S/C14H18F2N4/c15-10-8-11(16)13-12(9-10)20(14(17)18-13)7-3-6-19-4-1-2-5-19/h8-9H,1-7H2,(H2,17,18). The van der Waals surface area contributed by atoms with Gasteiger partial charge in [0.2, 0.25) is 5.95 Å². The van der Waals surface area contributed by atoms with Gasteiger partial charge in [-0.3, -0.25) is 0 Å². The van der Waals surface area contributed by atoms with Crippen molar-refractivity contribution >= 4 is 17.0 Å². The molecule has 0 radical (unpaired) electrons. The van der Waals surface area contributed by atoms with E-state index < -0.39 is 11.6 Å². The highest BCUT2D eigenvalue weighted by Gasteiger charge is 2.15. The maximum Gasteiger partial charge on any atom is 0.201 e. The first-order valence-corrected chi connectivity index (χ1v) is 6.98. The van der Waals surface area contributed by atoms with Crippen molar-refractivity contribution in [3.05, 3.63) is 23.8 Å². The number of rotatable bonds is 4. The van der Waals surface area contributed by atoms with Crippen LogP contribution in [-0.2, 0) is 6.54 Å². The highest BCUT2D eigenvalue weighted by atomic mass is 19.1. The average molecular weight is 280 g/mol. The number of hydrogen-bond acceptors (Lipinski definition) is 3. The van der Waals surface area contributed by atoms with Crippen LogP contribution in [0, 0.1) is 11.6 Å². The van der Waals surface area contributed by atoms with Gasteiger partial charge in [-0.2, -0.15) is 0 Å². The zero-order valence-corrected chi connectivity index (χ0v) is 11.3. The minimum atomic E-state index is -0.662. The van der Waals surface area contributed by atoms with E-state index in [-0.39, 0.29) is 11.5 Å². The van der Waals surface area contributed by atoms with E-state index in [0.717, 1.165) is 32.1 Å². The first-order chi connectivity index (χ1) is 9.65. The molecular formula is C14H18F2N4. The summed E-state index contributed by atoms with van der Waals surface area (Å²) in [4.78, 5) is 6.39. The monoisotopic (exact) mass is 280 g/mol. The van der Waals surface area contributed by atoms with Gasteiger partial charge in [-0.05, 0) is 38.9 Å². The smallest absolute Gasteiger partial charge is 0.201 e. The zero-order chi connectivity index (χ0) is 14.1. The van der Waals surface area contributed by atoms with Crippen LogP contribution in [-0.4, -0.2) is 34.1 Å². The van der Waals surface area contributed by atoms with Crippen molar-refractivity contribution in [1.29, 1.82) is 0 Å². The summed E-state index contributed by atoms with van der Waals surface area (Å²) in [6, 6.07) is 2.13. The SMILES string of the molecule is Nc1nc2c(F)cc(F)cc2n1CCCN1CCCC1. The third kappa shape index (κ3) is 2.47. The molecule has 1 aliphatic heterocycles. The lowest BCUT2D eigenvalue weighted by Gasteiger charge is -2.14. The van der Waals surface area contributed by atoms with E-state index in [1.807, 2.05) is 0 Å². The fraction of sp³-hybridized carbons (Fsp3) is 0.500. The normalized spacial score (nSPS) is 16.3. The Bertz CT molecular complexity index is 617. The highest BCUT2D eigenvalue weighted by molar-refractivity contribution is 5.79. The summed E-state index contributed by atoms with van der Waals surface area (Å²) in [7, 11) is 0. The van der Waals surface area contributed by atoms with Gasteiger partial charge in [0.1, 0.15) is 11.3 Å². The van der Waals surface area contributed by atoms with Crippen LogP contribution in [0.2, 0.25) is 0 Å². The number of nitrogen functional groups attached to an aromatic ring is 1. The molecule has 0 aliphatic carbocycles. The quantitative estimate of drug-likeness (QED) is 0.935. The second-order valence-electron chi connectivity index (χ2n) is 5.28. The van der Waals surface area contributed by atoms with Crippen molar-refractivity contribution in [3.63, 3.8) is 0 Å². The summed E-state index contributed by atoms with van der Waals surface area (Å²) in [5, 5.41) is 0. The molecule has 6 heteroatoms. The van der Waals surface area contributed by atoms with Gasteiger partial charge in [0.05, 0.1) is 5.52 Å². The Morgan fingerprint density at radius 1 is 1.15 bits per heavy atom. The molecule has 1 aromatic carbocycles. The van der Waals surface area contributed by atoms with Gasteiger partial charge in [-0.25, -0.2) is 13.8 Å². The molecular weight excluding hydrogens is 262 g/mol. The van der Waals surface area contributed by atoms with Crippen LogP contribution in [0.4, 0.5) is 14.7 Å². The number of fused-ring (bicyclic) bond motifs is 1. The van der Waals surface area contributed by atoms with Crippen molar-refractivity contribution in [3.8, 4) is 0 Å². The second-order valence-corrected chi connectivity index (χ2v) is 5.28. The highest BCUT2D eigenvalue weighted by Crippen LogP contribution is 2.22. The molecule has 1 aromatic heterocycles. The molecule has 2 heterocycles. The second kappa shape index (κ2) is 5.36. The molecule has 0 amide bonds. The number of imidazole rings is 1. The number of benzene rings is 1. The van der Waals surface area contributed by atoms with Crippen molar-refractivity contribution < 1.29 is 8.78 Å². The van der Waals surface area contributed by atoms with Gasteiger partial charge >= 0.3 is 0 Å². The Morgan fingerprint density at radius 2 is 1.90 bits per heavy atom. The van der Waals surface area contributed by atoms with E-state index in [4.69, 9.17) is 5.73 Å². The summed E-state index contributed by atoms with van der Waals surface area (Å²) in [6.45, 7) is 3.89. The third-order valence-corrected chi connectivity index (χ3v) is 3.86. The largest absolute Gasteiger partial charge is 0.369 e. The fourth-order valence-corrected chi connectivity index (χ4v) is 2.86. The Hall–Kier alpha value is -1.69. The lowest BCUT2D eigenvalue weighted by Crippen LogP contribution is -2.21. The van der Waals surface area contributed by atoms with E-state index in [0.29, 0.717) is 12.1 Å². The fourth-order valence-electron chi connectivity index (χ4n) is 2.86. The Labute approximate surface area is 116 Å². The van der Waals surface area contributed by atoms with E-state index in [9.17, 15) is 8.78 Å². The van der Waals surface area contributed by atoms with Gasteiger partial charge in [0.25, 0.3) is 0 Å². The lowest BCUT2D eigenvalue weighted by atomic mass is 10.3. The molecule has 2 N–H and O–H groups in total. The topological polar surface area (TPSA) is 47.1 Å². The van der Waals surface area contributed by atoms with Gasteiger partial charge in [-0.15, -0.1) is 0 Å². The predicted octanol–water partition coefficient (Wildman–Crippen LogP) is 2.38. The molecule has 0 bridgehead atoms. The van der Waals surface area contributed by atoms with Crippen LogP contribution in [0.1, 0.15) is 19.3 Å². The van der Waals surface area contributed by atoms with E-state index in [1.54, 1.807) is 4.57 Å². The number of nitrogens with two attached hydrogens (primary N) is 1. The van der Waals surface area contributed by atoms with Gasteiger partial charge < -0.3 is 15.2 Å². The summed E-state index contributed by atoms with van der Waals surface area (Å²) in [5.74, 6) is -1.02. The van der Waals surface area contributed by atoms with Gasteiger partial charge in [0.15, 0.2) is 5.82 Å². The third-order valence-electron chi connectivity index (χ3n) is 3.86. The number of anilines is 1. The Kier molecular flexibility index (Phi) is 3.56. The summed E-state index contributed by atoms with van der Waals surface area (Å²) in [5.41, 5.74) is 6.39.